The summed E-state index contributed by atoms with van der Waals surface area (Å²) in [4.78, 5) is 13.6. The first-order chi connectivity index (χ1) is 15.1. The van der Waals surface area contributed by atoms with Gasteiger partial charge in [-0.3, -0.25) is 0 Å². The fourth-order valence-corrected chi connectivity index (χ4v) is 4.00. The van der Waals surface area contributed by atoms with Crippen molar-refractivity contribution < 1.29 is 9.47 Å². The monoisotopic (exact) mass is 425 g/mol. The largest absolute Gasteiger partial charge is 0.497 e. The third-order valence-electron chi connectivity index (χ3n) is 5.87. The predicted molar refractivity (Wildman–Crippen MR) is 121 cm³/mol. The van der Waals surface area contributed by atoms with Crippen LogP contribution in [0, 0.1) is 0 Å². The highest BCUT2D eigenvalue weighted by molar-refractivity contribution is 5.98. The number of ether oxygens (including phenoxy) is 2. The molecule has 2 aromatic heterocycles. The number of piperazine rings is 1. The Balaban J connectivity index is 1.55. The molecular weight excluding hydrogens is 394 g/mol. The van der Waals surface area contributed by atoms with Crippen LogP contribution in [0.2, 0.25) is 0 Å². The molecule has 0 saturated carbocycles. The summed E-state index contributed by atoms with van der Waals surface area (Å²) in [6.45, 7) is 6.48. The minimum absolute atomic E-state index is 0.422. The molecular formula is C22H31N7O2. The number of aromatic nitrogens is 4. The van der Waals surface area contributed by atoms with Crippen molar-refractivity contribution in [1.29, 1.82) is 0 Å². The van der Waals surface area contributed by atoms with Gasteiger partial charge in [0.1, 0.15) is 29.3 Å². The summed E-state index contributed by atoms with van der Waals surface area (Å²) in [5, 5.41) is 5.63. The van der Waals surface area contributed by atoms with Crippen LogP contribution < -0.4 is 15.2 Å². The molecule has 166 valence electrons. The fraction of sp³-hybridized carbons (Fsp3) is 0.500. The van der Waals surface area contributed by atoms with Crippen molar-refractivity contribution in [2.45, 2.75) is 19.4 Å². The second-order valence-electron chi connectivity index (χ2n) is 7.98. The van der Waals surface area contributed by atoms with Crippen LogP contribution in [0.4, 0.5) is 5.82 Å². The van der Waals surface area contributed by atoms with Gasteiger partial charge in [0.2, 0.25) is 0 Å². The molecule has 2 N–H and O–H groups in total. The van der Waals surface area contributed by atoms with Crippen molar-refractivity contribution in [3.63, 3.8) is 0 Å². The van der Waals surface area contributed by atoms with Gasteiger partial charge in [-0.25, -0.2) is 14.6 Å². The number of fused-ring (bicyclic) bond motifs is 1. The summed E-state index contributed by atoms with van der Waals surface area (Å²) in [6.07, 6.45) is 3.64. The molecule has 0 unspecified atom stereocenters. The van der Waals surface area contributed by atoms with E-state index in [-0.39, 0.29) is 0 Å². The first kappa shape index (κ1) is 21.3. The van der Waals surface area contributed by atoms with E-state index in [0.717, 1.165) is 74.4 Å². The lowest BCUT2D eigenvalue weighted by molar-refractivity contribution is 0.151. The second-order valence-corrected chi connectivity index (χ2v) is 7.98. The van der Waals surface area contributed by atoms with Crippen LogP contribution in [-0.2, 0) is 6.54 Å². The van der Waals surface area contributed by atoms with E-state index in [9.17, 15) is 0 Å². The van der Waals surface area contributed by atoms with E-state index >= 15 is 0 Å². The summed E-state index contributed by atoms with van der Waals surface area (Å²) < 4.78 is 12.8. The Morgan fingerprint density at radius 1 is 0.935 bits per heavy atom. The van der Waals surface area contributed by atoms with Gasteiger partial charge in [-0.15, -0.1) is 0 Å². The molecule has 0 bridgehead atoms. The van der Waals surface area contributed by atoms with Crippen LogP contribution in [0.25, 0.3) is 22.3 Å². The van der Waals surface area contributed by atoms with Gasteiger partial charge in [0, 0.05) is 44.4 Å². The Bertz CT molecular complexity index is 1010. The zero-order valence-electron chi connectivity index (χ0n) is 18.5. The highest BCUT2D eigenvalue weighted by Crippen LogP contribution is 2.34. The molecule has 9 nitrogen and oxygen atoms in total. The molecule has 0 atom stereocenters. The van der Waals surface area contributed by atoms with Crippen LogP contribution in [-0.4, -0.2) is 83.5 Å². The van der Waals surface area contributed by atoms with E-state index in [1.807, 2.05) is 22.9 Å². The van der Waals surface area contributed by atoms with E-state index < -0.39 is 0 Å². The number of nitrogen functional groups attached to an aromatic ring is 1. The van der Waals surface area contributed by atoms with Gasteiger partial charge in [0.15, 0.2) is 5.65 Å². The maximum atomic E-state index is 6.23. The highest BCUT2D eigenvalue weighted by Gasteiger charge is 2.19. The number of anilines is 1. The molecule has 0 amide bonds. The summed E-state index contributed by atoms with van der Waals surface area (Å²) >= 11 is 0. The van der Waals surface area contributed by atoms with Crippen LogP contribution >= 0.6 is 0 Å². The third kappa shape index (κ3) is 4.72. The quantitative estimate of drug-likeness (QED) is 0.549. The molecule has 3 heterocycles. The standard InChI is InChI=1S/C22H31N7O2/c1-27-8-10-28(11-9-27)6-4-5-7-29-22-19(21(23)24-15-25-22)20(26-29)16-12-17(30-2)14-18(13-16)31-3/h12-15H,4-11H2,1-3H3,(H2,23,24,25). The molecule has 0 aliphatic carbocycles. The molecule has 0 radical (unpaired) electrons. The van der Waals surface area contributed by atoms with E-state index in [4.69, 9.17) is 20.3 Å². The van der Waals surface area contributed by atoms with Gasteiger partial charge in [0.25, 0.3) is 0 Å². The molecule has 3 aromatic rings. The zero-order chi connectivity index (χ0) is 21.8. The maximum Gasteiger partial charge on any atom is 0.163 e. The Morgan fingerprint density at radius 2 is 1.61 bits per heavy atom. The molecule has 1 aliphatic heterocycles. The molecule has 0 spiro atoms. The number of nitrogens with two attached hydrogens (primary N) is 1. The number of aryl methyl sites for hydroxylation is 1. The van der Waals surface area contributed by atoms with Crippen LogP contribution in [0.5, 0.6) is 11.5 Å². The number of rotatable bonds is 8. The first-order valence-corrected chi connectivity index (χ1v) is 10.7. The van der Waals surface area contributed by atoms with Crippen molar-refractivity contribution in [1.82, 2.24) is 29.5 Å². The maximum absolute atomic E-state index is 6.23. The fourth-order valence-electron chi connectivity index (χ4n) is 4.00. The van der Waals surface area contributed by atoms with Crippen LogP contribution in [0.15, 0.2) is 24.5 Å². The first-order valence-electron chi connectivity index (χ1n) is 10.7. The lowest BCUT2D eigenvalue weighted by Crippen LogP contribution is -2.44. The predicted octanol–water partition coefficient (Wildman–Crippen LogP) is 2.12. The van der Waals surface area contributed by atoms with Crippen molar-refractivity contribution >= 4 is 16.9 Å². The minimum Gasteiger partial charge on any atom is -0.497 e. The third-order valence-corrected chi connectivity index (χ3v) is 5.87. The number of methoxy groups -OCH3 is 2. The Morgan fingerprint density at radius 3 is 2.29 bits per heavy atom. The van der Waals surface area contributed by atoms with Crippen molar-refractivity contribution in [2.75, 3.05) is 59.7 Å². The zero-order valence-corrected chi connectivity index (χ0v) is 18.5. The molecule has 31 heavy (non-hydrogen) atoms. The SMILES string of the molecule is COc1cc(OC)cc(-c2nn(CCCCN3CCN(C)CC3)c3ncnc(N)c23)c1. The lowest BCUT2D eigenvalue weighted by Gasteiger charge is -2.32. The smallest absolute Gasteiger partial charge is 0.163 e. The van der Waals surface area contributed by atoms with E-state index in [1.54, 1.807) is 14.2 Å². The summed E-state index contributed by atoms with van der Waals surface area (Å²) in [6, 6.07) is 5.68. The molecule has 9 heteroatoms. The van der Waals surface area contributed by atoms with Gasteiger partial charge < -0.3 is 25.0 Å². The average molecular weight is 426 g/mol. The van der Waals surface area contributed by atoms with E-state index in [0.29, 0.717) is 17.3 Å². The normalized spacial score (nSPS) is 15.5. The summed E-state index contributed by atoms with van der Waals surface area (Å²) in [5.41, 5.74) is 8.59. The molecule has 1 aliphatic rings. The number of benzene rings is 1. The van der Waals surface area contributed by atoms with E-state index in [2.05, 4.69) is 26.8 Å². The summed E-state index contributed by atoms with van der Waals surface area (Å²) in [7, 11) is 5.45. The van der Waals surface area contributed by atoms with Crippen molar-refractivity contribution in [3.8, 4) is 22.8 Å². The Kier molecular flexibility index (Phi) is 6.53. The van der Waals surface area contributed by atoms with Gasteiger partial charge in [0.05, 0.1) is 19.6 Å². The highest BCUT2D eigenvalue weighted by atomic mass is 16.5. The molecule has 1 fully saturated rings. The van der Waals surface area contributed by atoms with Crippen molar-refractivity contribution in [3.05, 3.63) is 24.5 Å². The number of likely N-dealkylation sites (N-methyl/N-ethyl adjacent to an activating group) is 1. The molecule has 1 saturated heterocycles. The van der Waals surface area contributed by atoms with E-state index in [1.165, 1.54) is 6.33 Å². The van der Waals surface area contributed by atoms with Crippen molar-refractivity contribution in [2.24, 2.45) is 0 Å². The number of hydrogen-bond donors (Lipinski definition) is 1. The Hall–Kier alpha value is -2.91. The lowest BCUT2D eigenvalue weighted by atomic mass is 10.1. The van der Waals surface area contributed by atoms with Gasteiger partial charge in [-0.1, -0.05) is 0 Å². The Labute approximate surface area is 182 Å². The van der Waals surface area contributed by atoms with Crippen LogP contribution in [0.3, 0.4) is 0 Å². The van der Waals surface area contributed by atoms with Crippen LogP contribution in [0.1, 0.15) is 12.8 Å². The van der Waals surface area contributed by atoms with Gasteiger partial charge in [-0.2, -0.15) is 5.10 Å². The topological polar surface area (TPSA) is 94.6 Å². The summed E-state index contributed by atoms with van der Waals surface area (Å²) in [5.74, 6) is 1.81. The number of nitrogens with zero attached hydrogens (tertiary/aromatic N) is 6. The molecule has 1 aromatic carbocycles. The number of hydrogen-bond acceptors (Lipinski definition) is 8. The molecule has 4 rings (SSSR count). The van der Waals surface area contributed by atoms with Gasteiger partial charge in [-0.05, 0) is 38.6 Å². The average Bonchev–Trinajstić information content (AvgIpc) is 3.17. The minimum atomic E-state index is 0.422. The second kappa shape index (κ2) is 9.49. The number of unbranched alkanes of at least 4 members (excludes halogenated alkanes) is 1. The van der Waals surface area contributed by atoms with Gasteiger partial charge >= 0.3 is 0 Å².